The SMILES string of the molecule is C=Cc1ccccc1.CC1CCCC(=Cc2ccccc2)CC1. The molecular formula is C23H28. The number of rotatable bonds is 2. The zero-order chi connectivity index (χ0) is 16.3. The number of benzene rings is 2. The Bertz CT molecular complexity index is 592. The summed E-state index contributed by atoms with van der Waals surface area (Å²) in [5.41, 5.74) is 4.18. The highest BCUT2D eigenvalue weighted by Crippen LogP contribution is 2.27. The Kier molecular flexibility index (Phi) is 7.39. The van der Waals surface area contributed by atoms with Gasteiger partial charge in [0.1, 0.15) is 0 Å². The van der Waals surface area contributed by atoms with Crippen molar-refractivity contribution in [2.75, 3.05) is 0 Å². The third kappa shape index (κ3) is 6.69. The van der Waals surface area contributed by atoms with Crippen molar-refractivity contribution >= 4 is 12.2 Å². The van der Waals surface area contributed by atoms with Gasteiger partial charge in [0.2, 0.25) is 0 Å². The highest BCUT2D eigenvalue weighted by Gasteiger charge is 2.09. The second-order valence-electron chi connectivity index (χ2n) is 6.36. The van der Waals surface area contributed by atoms with Crippen LogP contribution in [0.25, 0.3) is 12.2 Å². The Balaban J connectivity index is 0.000000203. The maximum absolute atomic E-state index is 3.63. The van der Waals surface area contributed by atoms with Gasteiger partial charge >= 0.3 is 0 Å². The molecule has 2 aromatic rings. The van der Waals surface area contributed by atoms with E-state index >= 15 is 0 Å². The molecule has 0 aliphatic heterocycles. The normalized spacial score (nSPS) is 19.3. The van der Waals surface area contributed by atoms with Crippen LogP contribution in [0.3, 0.4) is 0 Å². The number of allylic oxidation sites excluding steroid dienone is 1. The highest BCUT2D eigenvalue weighted by atomic mass is 14.2. The van der Waals surface area contributed by atoms with E-state index in [1.807, 2.05) is 36.4 Å². The van der Waals surface area contributed by atoms with E-state index in [4.69, 9.17) is 0 Å². The van der Waals surface area contributed by atoms with Gasteiger partial charge in [-0.25, -0.2) is 0 Å². The Labute approximate surface area is 141 Å². The molecular weight excluding hydrogens is 276 g/mol. The molecule has 1 saturated carbocycles. The molecule has 1 aliphatic carbocycles. The lowest BCUT2D eigenvalue weighted by atomic mass is 10.0. The van der Waals surface area contributed by atoms with E-state index in [0.717, 1.165) is 5.92 Å². The standard InChI is InChI=1S/C15H20.C8H8/c1-13-6-5-9-15(11-10-13)12-14-7-3-2-4-8-14;1-2-8-6-4-3-5-7-8/h2-4,7-8,12-13H,5-6,9-11H2,1H3;2-7H,1H2. The van der Waals surface area contributed by atoms with Gasteiger partial charge in [-0.2, -0.15) is 0 Å². The maximum Gasteiger partial charge on any atom is -0.0257 e. The van der Waals surface area contributed by atoms with Gasteiger partial charge in [-0.05, 0) is 42.7 Å². The molecule has 0 amide bonds. The maximum atomic E-state index is 3.63. The first kappa shape index (κ1) is 17.3. The molecule has 0 radical (unpaired) electrons. The topological polar surface area (TPSA) is 0 Å². The van der Waals surface area contributed by atoms with Crippen molar-refractivity contribution < 1.29 is 0 Å². The second-order valence-corrected chi connectivity index (χ2v) is 6.36. The molecule has 0 heteroatoms. The fourth-order valence-corrected chi connectivity index (χ4v) is 2.90. The molecule has 0 spiro atoms. The van der Waals surface area contributed by atoms with E-state index in [1.54, 1.807) is 5.57 Å². The Morgan fingerprint density at radius 2 is 1.43 bits per heavy atom. The van der Waals surface area contributed by atoms with Crippen molar-refractivity contribution in [2.45, 2.75) is 39.0 Å². The predicted octanol–water partition coefficient (Wildman–Crippen LogP) is 7.00. The van der Waals surface area contributed by atoms with Crippen LogP contribution >= 0.6 is 0 Å². The largest absolute Gasteiger partial charge is 0.0985 e. The van der Waals surface area contributed by atoms with Gasteiger partial charge in [-0.15, -0.1) is 0 Å². The van der Waals surface area contributed by atoms with Gasteiger partial charge in [-0.3, -0.25) is 0 Å². The summed E-state index contributed by atoms with van der Waals surface area (Å²) in [6.07, 6.45) is 11.0. The Morgan fingerprint density at radius 3 is 2.00 bits per heavy atom. The molecule has 1 aliphatic rings. The molecule has 0 aromatic heterocycles. The van der Waals surface area contributed by atoms with E-state index in [1.165, 1.54) is 43.2 Å². The minimum Gasteiger partial charge on any atom is -0.0985 e. The summed E-state index contributed by atoms with van der Waals surface area (Å²) in [5, 5.41) is 0. The van der Waals surface area contributed by atoms with E-state index in [-0.39, 0.29) is 0 Å². The van der Waals surface area contributed by atoms with Crippen LogP contribution in [0.1, 0.15) is 50.2 Å². The third-order valence-electron chi connectivity index (χ3n) is 4.36. The van der Waals surface area contributed by atoms with Gasteiger partial charge in [0.25, 0.3) is 0 Å². The van der Waals surface area contributed by atoms with E-state index in [2.05, 4.69) is 49.9 Å². The van der Waals surface area contributed by atoms with Gasteiger partial charge in [-0.1, -0.05) is 98.3 Å². The number of hydrogen-bond donors (Lipinski definition) is 0. The monoisotopic (exact) mass is 304 g/mol. The summed E-state index contributed by atoms with van der Waals surface area (Å²) in [4.78, 5) is 0. The molecule has 0 heterocycles. The van der Waals surface area contributed by atoms with E-state index in [9.17, 15) is 0 Å². The van der Waals surface area contributed by atoms with Crippen molar-refractivity contribution in [2.24, 2.45) is 5.92 Å². The summed E-state index contributed by atoms with van der Waals surface area (Å²) in [6, 6.07) is 20.7. The zero-order valence-electron chi connectivity index (χ0n) is 14.2. The fourth-order valence-electron chi connectivity index (χ4n) is 2.90. The van der Waals surface area contributed by atoms with Crippen LogP contribution in [-0.2, 0) is 0 Å². The van der Waals surface area contributed by atoms with Crippen molar-refractivity contribution in [3.63, 3.8) is 0 Å². The molecule has 0 saturated heterocycles. The van der Waals surface area contributed by atoms with Crippen molar-refractivity contribution in [3.8, 4) is 0 Å². The average Bonchev–Trinajstić information content (AvgIpc) is 2.81. The lowest BCUT2D eigenvalue weighted by Gasteiger charge is -2.04. The Hall–Kier alpha value is -2.08. The molecule has 1 atom stereocenters. The molecule has 23 heavy (non-hydrogen) atoms. The second kappa shape index (κ2) is 9.84. The number of hydrogen-bond acceptors (Lipinski definition) is 0. The predicted molar refractivity (Wildman–Crippen MR) is 103 cm³/mol. The molecule has 0 nitrogen and oxygen atoms in total. The molecule has 3 rings (SSSR count). The van der Waals surface area contributed by atoms with Crippen molar-refractivity contribution in [1.82, 2.24) is 0 Å². The van der Waals surface area contributed by atoms with Crippen molar-refractivity contribution in [1.29, 1.82) is 0 Å². The van der Waals surface area contributed by atoms with Crippen LogP contribution in [0.5, 0.6) is 0 Å². The first-order valence-corrected chi connectivity index (χ1v) is 8.70. The van der Waals surface area contributed by atoms with Gasteiger partial charge in [0.15, 0.2) is 0 Å². The van der Waals surface area contributed by atoms with Crippen LogP contribution < -0.4 is 0 Å². The average molecular weight is 304 g/mol. The van der Waals surface area contributed by atoms with Crippen molar-refractivity contribution in [3.05, 3.63) is 83.9 Å². The molecule has 120 valence electrons. The summed E-state index contributed by atoms with van der Waals surface area (Å²) in [7, 11) is 0. The van der Waals surface area contributed by atoms with Crippen LogP contribution in [0.4, 0.5) is 0 Å². The van der Waals surface area contributed by atoms with E-state index in [0.29, 0.717) is 0 Å². The minimum absolute atomic E-state index is 0.923. The third-order valence-corrected chi connectivity index (χ3v) is 4.36. The van der Waals surface area contributed by atoms with E-state index < -0.39 is 0 Å². The summed E-state index contributed by atoms with van der Waals surface area (Å²) in [5.74, 6) is 0.923. The van der Waals surface area contributed by atoms with Crippen LogP contribution in [0.15, 0.2) is 72.8 Å². The summed E-state index contributed by atoms with van der Waals surface area (Å²) in [6.45, 7) is 6.01. The van der Waals surface area contributed by atoms with Gasteiger partial charge in [0.05, 0.1) is 0 Å². The minimum atomic E-state index is 0.923. The lowest BCUT2D eigenvalue weighted by molar-refractivity contribution is 0.507. The highest BCUT2D eigenvalue weighted by molar-refractivity contribution is 5.52. The van der Waals surface area contributed by atoms with Crippen LogP contribution in [-0.4, -0.2) is 0 Å². The Morgan fingerprint density at radius 1 is 0.826 bits per heavy atom. The quantitative estimate of drug-likeness (QED) is 0.524. The summed E-state index contributed by atoms with van der Waals surface area (Å²) < 4.78 is 0. The zero-order valence-corrected chi connectivity index (χ0v) is 14.2. The van der Waals surface area contributed by atoms with Gasteiger partial charge in [0, 0.05) is 0 Å². The first-order valence-electron chi connectivity index (χ1n) is 8.70. The van der Waals surface area contributed by atoms with Crippen LogP contribution in [0.2, 0.25) is 0 Å². The fraction of sp³-hybridized carbons (Fsp3) is 0.304. The molecule has 0 bridgehead atoms. The summed E-state index contributed by atoms with van der Waals surface area (Å²) >= 11 is 0. The first-order chi connectivity index (χ1) is 11.3. The van der Waals surface area contributed by atoms with Gasteiger partial charge < -0.3 is 0 Å². The smallest absolute Gasteiger partial charge is 0.0257 e. The molecule has 1 unspecified atom stereocenters. The molecule has 1 fully saturated rings. The van der Waals surface area contributed by atoms with Crippen LogP contribution in [0, 0.1) is 5.92 Å². The molecule has 0 N–H and O–H groups in total. The lowest BCUT2D eigenvalue weighted by Crippen LogP contribution is -1.89. The molecule has 2 aromatic carbocycles.